The van der Waals surface area contributed by atoms with Crippen LogP contribution in [0.25, 0.3) is 22.3 Å². The average molecular weight is 532 g/mol. The van der Waals surface area contributed by atoms with Crippen molar-refractivity contribution in [1.29, 1.82) is 0 Å². The third-order valence-corrected chi connectivity index (χ3v) is 6.57. The maximum absolute atomic E-state index is 12.0. The smallest absolute Gasteiger partial charge is 0.407 e. The van der Waals surface area contributed by atoms with Crippen LogP contribution in [0.5, 0.6) is 5.75 Å². The number of amides is 1. The normalized spacial score (nSPS) is 16.1. The van der Waals surface area contributed by atoms with Crippen LogP contribution < -0.4 is 10.1 Å². The summed E-state index contributed by atoms with van der Waals surface area (Å²) in [6, 6.07) is 15.4. The van der Waals surface area contributed by atoms with E-state index >= 15 is 0 Å². The van der Waals surface area contributed by atoms with Gasteiger partial charge in [-0.1, -0.05) is 30.3 Å². The molecule has 2 aromatic carbocycles. The Labute approximate surface area is 226 Å². The van der Waals surface area contributed by atoms with Gasteiger partial charge in [-0.15, -0.1) is 0 Å². The number of alkyl carbamates (subject to hydrolysis) is 1. The van der Waals surface area contributed by atoms with Crippen molar-refractivity contribution < 1.29 is 24.1 Å². The summed E-state index contributed by atoms with van der Waals surface area (Å²) >= 11 is 0. The fourth-order valence-electron chi connectivity index (χ4n) is 4.56. The van der Waals surface area contributed by atoms with Gasteiger partial charge in [0.1, 0.15) is 23.7 Å². The molecule has 39 heavy (non-hydrogen) atoms. The SMILES string of the molecule is CC(CCNC(=O)OCc1ccccc1)Oc1ccc2c(c1)c(-c1cncc(CO)n1)nn2C1CCCCO1. The molecular formula is C29H33N5O5. The van der Waals surface area contributed by atoms with Crippen molar-refractivity contribution in [3.05, 3.63) is 72.2 Å². The molecular weight excluding hydrogens is 498 g/mol. The Morgan fingerprint density at radius 1 is 1.21 bits per heavy atom. The summed E-state index contributed by atoms with van der Waals surface area (Å²) in [5.74, 6) is 0.679. The number of hydrogen-bond acceptors (Lipinski definition) is 8. The highest BCUT2D eigenvalue weighted by atomic mass is 16.5. The largest absolute Gasteiger partial charge is 0.491 e. The number of benzene rings is 2. The fourth-order valence-corrected chi connectivity index (χ4v) is 4.56. The van der Waals surface area contributed by atoms with Gasteiger partial charge < -0.3 is 24.6 Å². The van der Waals surface area contributed by atoms with Crippen molar-refractivity contribution in [3.8, 4) is 17.1 Å². The number of aliphatic hydroxyl groups is 1. The van der Waals surface area contributed by atoms with Crippen LogP contribution in [0.15, 0.2) is 60.9 Å². The Balaban J connectivity index is 1.26. The third kappa shape index (κ3) is 6.71. The van der Waals surface area contributed by atoms with Crippen LogP contribution in [-0.4, -0.2) is 50.2 Å². The average Bonchev–Trinajstić information content (AvgIpc) is 3.36. The summed E-state index contributed by atoms with van der Waals surface area (Å²) in [7, 11) is 0. The highest BCUT2D eigenvalue weighted by Crippen LogP contribution is 2.34. The predicted octanol–water partition coefficient (Wildman–Crippen LogP) is 4.77. The molecule has 0 bridgehead atoms. The van der Waals surface area contributed by atoms with Gasteiger partial charge in [0, 0.05) is 25.0 Å². The van der Waals surface area contributed by atoms with Gasteiger partial charge >= 0.3 is 6.09 Å². The molecule has 1 amide bonds. The number of rotatable bonds is 10. The lowest BCUT2D eigenvalue weighted by atomic mass is 10.1. The highest BCUT2D eigenvalue weighted by Gasteiger charge is 2.23. The lowest BCUT2D eigenvalue weighted by Crippen LogP contribution is -2.28. The monoisotopic (exact) mass is 531 g/mol. The molecule has 5 rings (SSSR count). The third-order valence-electron chi connectivity index (χ3n) is 6.57. The quantitative estimate of drug-likeness (QED) is 0.300. The van der Waals surface area contributed by atoms with Crippen LogP contribution in [0.4, 0.5) is 4.79 Å². The number of fused-ring (bicyclic) bond motifs is 1. The number of aliphatic hydroxyl groups excluding tert-OH is 1. The first kappa shape index (κ1) is 26.6. The van der Waals surface area contributed by atoms with E-state index in [0.29, 0.717) is 42.4 Å². The van der Waals surface area contributed by atoms with Gasteiger partial charge in [-0.25, -0.2) is 14.5 Å². The molecule has 3 heterocycles. The topological polar surface area (TPSA) is 121 Å². The van der Waals surface area contributed by atoms with Gasteiger partial charge in [0.05, 0.1) is 36.3 Å². The second-order valence-electron chi connectivity index (χ2n) is 9.55. The Morgan fingerprint density at radius 2 is 2.08 bits per heavy atom. The van der Waals surface area contributed by atoms with E-state index in [0.717, 1.165) is 35.7 Å². The Morgan fingerprint density at radius 3 is 2.87 bits per heavy atom. The van der Waals surface area contributed by atoms with E-state index in [-0.39, 0.29) is 25.5 Å². The van der Waals surface area contributed by atoms with Crippen molar-refractivity contribution in [2.45, 2.75) is 58.2 Å². The minimum atomic E-state index is -0.458. The molecule has 2 atom stereocenters. The van der Waals surface area contributed by atoms with E-state index in [1.54, 1.807) is 6.20 Å². The van der Waals surface area contributed by atoms with Crippen LogP contribution in [0.1, 0.15) is 50.1 Å². The lowest BCUT2D eigenvalue weighted by molar-refractivity contribution is -0.0365. The molecule has 10 heteroatoms. The first-order chi connectivity index (χ1) is 19.1. The summed E-state index contributed by atoms with van der Waals surface area (Å²) < 4.78 is 19.4. The van der Waals surface area contributed by atoms with Crippen LogP contribution in [0, 0.1) is 0 Å². The predicted molar refractivity (Wildman–Crippen MR) is 145 cm³/mol. The van der Waals surface area contributed by atoms with Crippen molar-refractivity contribution in [1.82, 2.24) is 25.1 Å². The standard InChI is InChI=1S/C29H33N5O5/c1-20(12-13-31-29(36)38-19-21-7-3-2-4-8-21)39-23-10-11-26-24(15-23)28(25-17-30-16-22(18-35)32-25)33-34(26)27-9-5-6-14-37-27/h2-4,7-8,10-11,15-17,20,27,35H,5-6,9,12-14,18-19H2,1H3,(H,31,36). The van der Waals surface area contributed by atoms with E-state index in [1.807, 2.05) is 60.1 Å². The zero-order valence-electron chi connectivity index (χ0n) is 22.0. The highest BCUT2D eigenvalue weighted by molar-refractivity contribution is 5.93. The van der Waals surface area contributed by atoms with Crippen LogP contribution in [0.2, 0.25) is 0 Å². The van der Waals surface area contributed by atoms with E-state index in [4.69, 9.17) is 19.3 Å². The summed E-state index contributed by atoms with van der Waals surface area (Å²) in [6.07, 6.45) is 6.02. The van der Waals surface area contributed by atoms with Crippen molar-refractivity contribution in [3.63, 3.8) is 0 Å². The van der Waals surface area contributed by atoms with Gasteiger partial charge in [0.25, 0.3) is 0 Å². The Kier molecular flexibility index (Phi) is 8.65. The Bertz CT molecular complexity index is 1390. The zero-order valence-corrected chi connectivity index (χ0v) is 22.0. The molecule has 2 aromatic heterocycles. The summed E-state index contributed by atoms with van der Waals surface area (Å²) in [6.45, 7) is 3.10. The molecule has 0 spiro atoms. The lowest BCUT2D eigenvalue weighted by Gasteiger charge is -2.23. The minimum Gasteiger partial charge on any atom is -0.491 e. The van der Waals surface area contributed by atoms with Crippen molar-refractivity contribution >= 4 is 17.0 Å². The van der Waals surface area contributed by atoms with E-state index in [9.17, 15) is 9.90 Å². The second kappa shape index (κ2) is 12.7. The van der Waals surface area contributed by atoms with Gasteiger partial charge in [0.2, 0.25) is 0 Å². The zero-order chi connectivity index (χ0) is 27.0. The number of ether oxygens (including phenoxy) is 3. The van der Waals surface area contributed by atoms with Gasteiger partial charge in [0.15, 0.2) is 6.23 Å². The molecule has 1 aliphatic heterocycles. The molecule has 1 fully saturated rings. The first-order valence-corrected chi connectivity index (χ1v) is 13.3. The molecule has 0 radical (unpaired) electrons. The number of hydrogen-bond donors (Lipinski definition) is 2. The number of nitrogens with one attached hydrogen (secondary N) is 1. The van der Waals surface area contributed by atoms with Crippen molar-refractivity contribution in [2.75, 3.05) is 13.2 Å². The molecule has 1 saturated heterocycles. The van der Waals surface area contributed by atoms with Gasteiger partial charge in [-0.2, -0.15) is 5.10 Å². The molecule has 2 N–H and O–H groups in total. The van der Waals surface area contributed by atoms with Crippen LogP contribution in [0.3, 0.4) is 0 Å². The summed E-state index contributed by atoms with van der Waals surface area (Å²) in [5, 5.41) is 18.1. The Hall–Kier alpha value is -4.02. The minimum absolute atomic E-state index is 0.151. The molecule has 2 unspecified atom stereocenters. The molecule has 0 aliphatic carbocycles. The molecule has 204 valence electrons. The van der Waals surface area contributed by atoms with Crippen molar-refractivity contribution in [2.24, 2.45) is 0 Å². The molecule has 10 nitrogen and oxygen atoms in total. The van der Waals surface area contributed by atoms with E-state index in [2.05, 4.69) is 15.3 Å². The molecule has 0 saturated carbocycles. The van der Waals surface area contributed by atoms with Crippen LogP contribution in [-0.2, 0) is 22.7 Å². The van der Waals surface area contributed by atoms with Gasteiger partial charge in [-0.05, 0) is 49.9 Å². The number of aromatic nitrogens is 4. The number of carbonyl (C=O) groups excluding carboxylic acids is 1. The van der Waals surface area contributed by atoms with E-state index in [1.165, 1.54) is 6.20 Å². The second-order valence-corrected chi connectivity index (χ2v) is 9.55. The van der Waals surface area contributed by atoms with Crippen LogP contribution >= 0.6 is 0 Å². The summed E-state index contributed by atoms with van der Waals surface area (Å²) in [5.41, 5.74) is 3.55. The first-order valence-electron chi connectivity index (χ1n) is 13.3. The number of nitrogens with zero attached hydrogens (tertiary/aromatic N) is 4. The molecule has 1 aliphatic rings. The molecule has 4 aromatic rings. The maximum atomic E-state index is 12.0. The summed E-state index contributed by atoms with van der Waals surface area (Å²) in [4.78, 5) is 20.8. The maximum Gasteiger partial charge on any atom is 0.407 e. The van der Waals surface area contributed by atoms with E-state index < -0.39 is 6.09 Å². The number of carbonyl (C=O) groups is 1. The fraction of sp³-hybridized carbons (Fsp3) is 0.379. The van der Waals surface area contributed by atoms with Gasteiger partial charge in [-0.3, -0.25) is 4.98 Å².